The van der Waals surface area contributed by atoms with Gasteiger partial charge in [0, 0.05) is 60.7 Å². The molecule has 0 radical (unpaired) electrons. The predicted octanol–water partition coefficient (Wildman–Crippen LogP) is 6.03. The van der Waals surface area contributed by atoms with Gasteiger partial charge in [0.15, 0.2) is 5.78 Å². The number of anilines is 2. The fraction of sp³-hybridized carbons (Fsp3) is 0.433. The number of fused-ring (bicyclic) bond motifs is 1. The van der Waals surface area contributed by atoms with Crippen molar-refractivity contribution in [1.82, 2.24) is 9.97 Å². The number of methoxy groups -OCH3 is 2. The van der Waals surface area contributed by atoms with Gasteiger partial charge < -0.3 is 29.6 Å². The van der Waals surface area contributed by atoms with Crippen molar-refractivity contribution >= 4 is 51.4 Å². The van der Waals surface area contributed by atoms with Gasteiger partial charge in [0.1, 0.15) is 23.1 Å². The lowest BCUT2D eigenvalue weighted by molar-refractivity contribution is -0.115. The van der Waals surface area contributed by atoms with Crippen LogP contribution in [0.4, 0.5) is 11.6 Å². The first-order chi connectivity index (χ1) is 19.9. The summed E-state index contributed by atoms with van der Waals surface area (Å²) in [4.78, 5) is 21.7. The smallest absolute Gasteiger partial charge is 0.155 e. The standard InChI is InChI=1S/C30H34Cl2N4O5/c1-4-20(37)9-19-15-41-16-23(19)35-26-11-21-18(14-33-26)10-22(36-30(21)34-13-17-5-7-40-8-6-17)27-28(31)24(38-2)12-25(39-3)29(27)32/h4,10-12,14,17,19,23H,1,5-9,13,15-16H2,2-3H3,(H,33,35)(H,34,36)/t19-,23+/m0/s1. The molecule has 3 aromatic rings. The molecule has 0 amide bonds. The molecule has 0 spiro atoms. The normalized spacial score (nSPS) is 19.2. The van der Waals surface area contributed by atoms with Crippen LogP contribution in [0.3, 0.4) is 0 Å². The summed E-state index contributed by atoms with van der Waals surface area (Å²) in [5.41, 5.74) is 1.08. The molecule has 5 rings (SSSR count). The summed E-state index contributed by atoms with van der Waals surface area (Å²) in [7, 11) is 3.08. The van der Waals surface area contributed by atoms with Crippen molar-refractivity contribution in [3.8, 4) is 22.8 Å². The number of nitrogens with one attached hydrogen (secondary N) is 2. The van der Waals surface area contributed by atoms with Gasteiger partial charge in [-0.3, -0.25) is 4.79 Å². The Morgan fingerprint density at radius 1 is 1.10 bits per heavy atom. The number of hydrogen-bond donors (Lipinski definition) is 2. The maximum atomic E-state index is 12.0. The number of carbonyl (C=O) groups excluding carboxylic acids is 1. The molecule has 2 aliphatic heterocycles. The number of ketones is 1. The molecule has 11 heteroatoms. The van der Waals surface area contributed by atoms with Crippen LogP contribution in [0.1, 0.15) is 19.3 Å². The van der Waals surface area contributed by atoms with E-state index in [1.807, 2.05) is 12.1 Å². The molecule has 9 nitrogen and oxygen atoms in total. The monoisotopic (exact) mass is 600 g/mol. The zero-order valence-electron chi connectivity index (χ0n) is 23.2. The highest BCUT2D eigenvalue weighted by molar-refractivity contribution is 6.41. The quantitative estimate of drug-likeness (QED) is 0.255. The van der Waals surface area contributed by atoms with Crippen LogP contribution in [0.15, 0.2) is 37.1 Å². The summed E-state index contributed by atoms with van der Waals surface area (Å²) in [6.45, 7) is 6.85. The van der Waals surface area contributed by atoms with E-state index < -0.39 is 0 Å². The Labute approximate surface area is 249 Å². The van der Waals surface area contributed by atoms with Crippen molar-refractivity contribution in [3.63, 3.8) is 0 Å². The van der Waals surface area contributed by atoms with E-state index in [-0.39, 0.29) is 17.7 Å². The topological polar surface area (TPSA) is 104 Å². The first-order valence-electron chi connectivity index (χ1n) is 13.6. The van der Waals surface area contributed by atoms with Gasteiger partial charge in [0.2, 0.25) is 0 Å². The lowest BCUT2D eigenvalue weighted by Gasteiger charge is -2.23. The minimum absolute atomic E-state index is 0.00148. The molecule has 4 heterocycles. The molecule has 2 N–H and O–H groups in total. The van der Waals surface area contributed by atoms with E-state index in [1.54, 1.807) is 26.5 Å². The first kappa shape index (κ1) is 29.4. The van der Waals surface area contributed by atoms with Crippen molar-refractivity contribution in [3.05, 3.63) is 47.1 Å². The minimum atomic E-state index is -0.0448. The predicted molar refractivity (Wildman–Crippen MR) is 162 cm³/mol. The number of nitrogens with zero attached hydrogens (tertiary/aromatic N) is 2. The van der Waals surface area contributed by atoms with Crippen LogP contribution in [-0.2, 0) is 14.3 Å². The number of hydrogen-bond acceptors (Lipinski definition) is 9. The highest BCUT2D eigenvalue weighted by atomic mass is 35.5. The average Bonchev–Trinajstić information content (AvgIpc) is 3.42. The number of pyridine rings is 2. The highest BCUT2D eigenvalue weighted by Gasteiger charge is 2.30. The van der Waals surface area contributed by atoms with E-state index in [4.69, 9.17) is 47.1 Å². The van der Waals surface area contributed by atoms with Gasteiger partial charge >= 0.3 is 0 Å². The number of aromatic nitrogens is 2. The summed E-state index contributed by atoms with van der Waals surface area (Å²) in [6, 6.07) is 5.49. The van der Waals surface area contributed by atoms with Crippen LogP contribution in [0, 0.1) is 11.8 Å². The van der Waals surface area contributed by atoms with Crippen LogP contribution in [0.2, 0.25) is 10.0 Å². The number of ether oxygens (including phenoxy) is 4. The number of halogens is 2. The lowest BCUT2D eigenvalue weighted by atomic mass is 9.97. The Bertz CT molecular complexity index is 1400. The minimum Gasteiger partial charge on any atom is -0.495 e. The molecule has 1 aromatic carbocycles. The molecule has 2 aliphatic rings. The Hall–Kier alpha value is -3.11. The Kier molecular flexibility index (Phi) is 9.49. The molecule has 218 valence electrons. The van der Waals surface area contributed by atoms with Crippen molar-refractivity contribution < 1.29 is 23.7 Å². The van der Waals surface area contributed by atoms with E-state index in [0.29, 0.717) is 70.0 Å². The third-order valence-corrected chi connectivity index (χ3v) is 8.42. The fourth-order valence-corrected chi connectivity index (χ4v) is 5.98. The second kappa shape index (κ2) is 13.2. The van der Waals surface area contributed by atoms with Gasteiger partial charge in [-0.05, 0) is 37.0 Å². The second-order valence-corrected chi connectivity index (χ2v) is 11.0. The van der Waals surface area contributed by atoms with Gasteiger partial charge in [-0.15, -0.1) is 0 Å². The molecular formula is C30H34Cl2N4O5. The molecule has 2 aromatic heterocycles. The Morgan fingerprint density at radius 2 is 1.83 bits per heavy atom. The summed E-state index contributed by atoms with van der Waals surface area (Å²) in [5, 5.41) is 9.47. The van der Waals surface area contributed by atoms with Crippen LogP contribution in [-0.4, -0.2) is 69.0 Å². The summed E-state index contributed by atoms with van der Waals surface area (Å²) < 4.78 is 22.2. The van der Waals surface area contributed by atoms with E-state index in [2.05, 4.69) is 22.2 Å². The van der Waals surface area contributed by atoms with E-state index >= 15 is 0 Å². The largest absolute Gasteiger partial charge is 0.495 e. The summed E-state index contributed by atoms with van der Waals surface area (Å²) >= 11 is 13.5. The molecule has 2 fully saturated rings. The molecular weight excluding hydrogens is 567 g/mol. The highest BCUT2D eigenvalue weighted by Crippen LogP contribution is 2.46. The van der Waals surface area contributed by atoms with Gasteiger partial charge in [0.05, 0.1) is 49.2 Å². The Morgan fingerprint density at radius 3 is 2.51 bits per heavy atom. The second-order valence-electron chi connectivity index (χ2n) is 10.3. The molecule has 0 bridgehead atoms. The number of rotatable bonds is 11. The summed E-state index contributed by atoms with van der Waals surface area (Å²) in [5.74, 6) is 2.73. The van der Waals surface area contributed by atoms with Gasteiger partial charge in [-0.1, -0.05) is 29.8 Å². The van der Waals surface area contributed by atoms with Crippen LogP contribution in [0.25, 0.3) is 22.0 Å². The molecule has 2 saturated heterocycles. The van der Waals surface area contributed by atoms with Gasteiger partial charge in [0.25, 0.3) is 0 Å². The first-order valence-corrected chi connectivity index (χ1v) is 14.4. The van der Waals surface area contributed by atoms with Crippen LogP contribution < -0.4 is 20.1 Å². The number of benzene rings is 1. The maximum Gasteiger partial charge on any atom is 0.155 e. The summed E-state index contributed by atoms with van der Waals surface area (Å²) in [6.07, 6.45) is 5.50. The van der Waals surface area contributed by atoms with Crippen LogP contribution in [0.5, 0.6) is 11.5 Å². The third-order valence-electron chi connectivity index (χ3n) is 7.67. The number of carbonyl (C=O) groups is 1. The molecule has 0 saturated carbocycles. The maximum absolute atomic E-state index is 12.0. The SMILES string of the molecule is C=CC(=O)C[C@H]1COC[C@H]1Nc1cc2c(NCC3CCOCC3)nc(-c3c(Cl)c(OC)cc(OC)c3Cl)cc2cn1. The lowest BCUT2D eigenvalue weighted by Crippen LogP contribution is -2.29. The van der Waals surface area contributed by atoms with Crippen molar-refractivity contribution in [2.24, 2.45) is 11.8 Å². The van der Waals surface area contributed by atoms with Crippen molar-refractivity contribution in [1.29, 1.82) is 0 Å². The van der Waals surface area contributed by atoms with Crippen molar-refractivity contribution in [2.45, 2.75) is 25.3 Å². The average molecular weight is 602 g/mol. The van der Waals surface area contributed by atoms with Crippen molar-refractivity contribution in [2.75, 3.05) is 57.8 Å². The zero-order chi connectivity index (χ0) is 28.9. The number of allylic oxidation sites excluding steroid dienone is 1. The Balaban J connectivity index is 1.53. The van der Waals surface area contributed by atoms with Gasteiger partial charge in [-0.25, -0.2) is 9.97 Å². The van der Waals surface area contributed by atoms with E-state index in [0.717, 1.165) is 43.4 Å². The third kappa shape index (κ3) is 6.54. The zero-order valence-corrected chi connectivity index (χ0v) is 24.7. The molecule has 2 atom stereocenters. The van der Waals surface area contributed by atoms with Crippen LogP contribution >= 0.6 is 23.2 Å². The van der Waals surface area contributed by atoms with Gasteiger partial charge in [-0.2, -0.15) is 0 Å². The van der Waals surface area contributed by atoms with E-state index in [9.17, 15) is 4.79 Å². The van der Waals surface area contributed by atoms with E-state index in [1.165, 1.54) is 6.08 Å². The molecule has 0 aliphatic carbocycles. The molecule has 0 unspecified atom stereocenters. The molecule has 41 heavy (non-hydrogen) atoms. The fourth-order valence-electron chi connectivity index (χ4n) is 5.28.